The van der Waals surface area contributed by atoms with Crippen LogP contribution >= 0.6 is 0 Å². The first-order chi connectivity index (χ1) is 16.2. The molecule has 0 saturated heterocycles. The maximum absolute atomic E-state index is 10.6. The molecule has 33 heavy (non-hydrogen) atoms. The van der Waals surface area contributed by atoms with Gasteiger partial charge in [-0.3, -0.25) is 4.98 Å². The van der Waals surface area contributed by atoms with Crippen LogP contribution in [0.15, 0.2) is 79.0 Å². The third-order valence-electron chi connectivity index (χ3n) is 5.92. The number of nitrogens with one attached hydrogen (secondary N) is 2. The average molecular weight is 442 g/mol. The van der Waals surface area contributed by atoms with Crippen molar-refractivity contribution in [3.05, 3.63) is 84.6 Å². The van der Waals surface area contributed by atoms with Crippen molar-refractivity contribution < 1.29 is 14.9 Å². The molecule has 2 heterocycles. The lowest BCUT2D eigenvalue weighted by Crippen LogP contribution is -2.32. The lowest BCUT2D eigenvalue weighted by molar-refractivity contribution is 0.105. The first-order valence-electron chi connectivity index (χ1n) is 11.2. The molecule has 6 heteroatoms. The Morgan fingerprint density at radius 2 is 1.73 bits per heavy atom. The number of benzene rings is 3. The van der Waals surface area contributed by atoms with Gasteiger partial charge in [0, 0.05) is 40.0 Å². The van der Waals surface area contributed by atoms with Gasteiger partial charge in [-0.25, -0.2) is 0 Å². The monoisotopic (exact) mass is 441 g/mol. The highest BCUT2D eigenvalue weighted by Gasteiger charge is 2.14. The summed E-state index contributed by atoms with van der Waals surface area (Å²) in [4.78, 5) is 7.81. The van der Waals surface area contributed by atoms with Crippen LogP contribution in [0.4, 0.5) is 0 Å². The predicted molar refractivity (Wildman–Crippen MR) is 131 cm³/mol. The molecule has 0 amide bonds. The van der Waals surface area contributed by atoms with Gasteiger partial charge in [-0.05, 0) is 37.2 Å². The fourth-order valence-corrected chi connectivity index (χ4v) is 4.29. The topological polar surface area (TPSA) is 90.4 Å². The Morgan fingerprint density at radius 1 is 0.909 bits per heavy atom. The quantitative estimate of drug-likeness (QED) is 0.256. The van der Waals surface area contributed by atoms with Gasteiger partial charge in [-0.2, -0.15) is 0 Å². The van der Waals surface area contributed by atoms with E-state index in [2.05, 4.69) is 21.4 Å². The van der Waals surface area contributed by atoms with Gasteiger partial charge in [0.2, 0.25) is 0 Å². The first kappa shape index (κ1) is 21.4. The number of aliphatic hydroxyl groups excluding tert-OH is 2. The van der Waals surface area contributed by atoms with E-state index >= 15 is 0 Å². The van der Waals surface area contributed by atoms with Crippen molar-refractivity contribution in [2.45, 2.75) is 18.6 Å². The van der Waals surface area contributed by atoms with Crippen molar-refractivity contribution in [3.63, 3.8) is 0 Å². The lowest BCUT2D eigenvalue weighted by Gasteiger charge is -2.16. The molecule has 5 aromatic rings. The summed E-state index contributed by atoms with van der Waals surface area (Å²) in [5, 5.41) is 27.4. The summed E-state index contributed by atoms with van der Waals surface area (Å²) < 4.78 is 5.98. The van der Waals surface area contributed by atoms with Crippen molar-refractivity contribution in [1.82, 2.24) is 15.3 Å². The second-order valence-corrected chi connectivity index (χ2v) is 8.25. The Hall–Kier alpha value is -3.45. The van der Waals surface area contributed by atoms with Gasteiger partial charge in [0.1, 0.15) is 18.5 Å². The van der Waals surface area contributed by atoms with E-state index in [0.717, 1.165) is 44.0 Å². The molecule has 0 spiro atoms. The minimum atomic E-state index is -0.665. The highest BCUT2D eigenvalue weighted by molar-refractivity contribution is 6.10. The van der Waals surface area contributed by atoms with Gasteiger partial charge in [-0.1, -0.05) is 48.5 Å². The van der Waals surface area contributed by atoms with E-state index in [1.807, 2.05) is 66.7 Å². The summed E-state index contributed by atoms with van der Waals surface area (Å²) in [6.07, 6.45) is 0.979. The summed E-state index contributed by atoms with van der Waals surface area (Å²) in [7, 11) is 0. The molecule has 5 rings (SSSR count). The number of pyridine rings is 1. The van der Waals surface area contributed by atoms with E-state index in [1.54, 1.807) is 6.20 Å². The van der Waals surface area contributed by atoms with E-state index in [-0.39, 0.29) is 6.61 Å². The Morgan fingerprint density at radius 3 is 2.67 bits per heavy atom. The van der Waals surface area contributed by atoms with Crippen LogP contribution in [0.1, 0.15) is 18.1 Å². The molecule has 0 radical (unpaired) electrons. The zero-order chi connectivity index (χ0) is 22.6. The Labute approximate surface area is 191 Å². The molecule has 6 nitrogen and oxygen atoms in total. The van der Waals surface area contributed by atoms with Crippen molar-refractivity contribution >= 4 is 32.7 Å². The van der Waals surface area contributed by atoms with Gasteiger partial charge < -0.3 is 25.3 Å². The maximum Gasteiger partial charge on any atom is 0.129 e. The third-order valence-corrected chi connectivity index (χ3v) is 5.92. The molecule has 2 atom stereocenters. The highest BCUT2D eigenvalue weighted by Crippen LogP contribution is 2.33. The van der Waals surface area contributed by atoms with E-state index in [1.165, 1.54) is 0 Å². The molecule has 0 saturated carbocycles. The minimum Gasteiger partial charge on any atom is -0.490 e. The van der Waals surface area contributed by atoms with Crippen LogP contribution in [0, 0.1) is 0 Å². The number of rotatable bonds is 9. The fourth-order valence-electron chi connectivity index (χ4n) is 4.29. The Bertz CT molecular complexity index is 1380. The average Bonchev–Trinajstić information content (AvgIpc) is 3.24. The molecule has 4 N–H and O–H groups in total. The van der Waals surface area contributed by atoms with Crippen LogP contribution < -0.4 is 10.1 Å². The van der Waals surface area contributed by atoms with E-state index in [9.17, 15) is 10.2 Å². The van der Waals surface area contributed by atoms with Gasteiger partial charge >= 0.3 is 0 Å². The number of hydrogen-bond acceptors (Lipinski definition) is 5. The summed E-state index contributed by atoms with van der Waals surface area (Å²) in [6, 6.07) is 23.7. The normalized spacial score (nSPS) is 13.5. The molecule has 2 unspecified atom stereocenters. The van der Waals surface area contributed by atoms with E-state index < -0.39 is 12.2 Å². The number of aromatic amines is 1. The van der Waals surface area contributed by atoms with Gasteiger partial charge in [0.05, 0.1) is 17.1 Å². The number of nitrogens with zero attached hydrogens (tertiary/aromatic N) is 1. The highest BCUT2D eigenvalue weighted by atomic mass is 16.5. The molecule has 0 aliphatic rings. The number of fused-ring (bicyclic) bond motifs is 4. The fraction of sp³-hybridized carbons (Fsp3) is 0.222. The second-order valence-electron chi connectivity index (χ2n) is 8.25. The number of ether oxygens (including phenoxy) is 1. The molecule has 0 bridgehead atoms. The second kappa shape index (κ2) is 9.58. The van der Waals surface area contributed by atoms with Crippen LogP contribution in [0.3, 0.4) is 0 Å². The van der Waals surface area contributed by atoms with E-state index in [0.29, 0.717) is 19.5 Å². The Kier molecular flexibility index (Phi) is 6.21. The molecule has 0 fully saturated rings. The van der Waals surface area contributed by atoms with Gasteiger partial charge in [0.15, 0.2) is 0 Å². The molecular formula is C27H27N3O3. The van der Waals surface area contributed by atoms with Crippen molar-refractivity contribution in [1.29, 1.82) is 0 Å². The largest absolute Gasteiger partial charge is 0.490 e. The van der Waals surface area contributed by atoms with Crippen LogP contribution in [0.25, 0.3) is 32.7 Å². The zero-order valence-electron chi connectivity index (χ0n) is 18.2. The summed E-state index contributed by atoms with van der Waals surface area (Å²) >= 11 is 0. The van der Waals surface area contributed by atoms with Crippen LogP contribution in [0.2, 0.25) is 0 Å². The van der Waals surface area contributed by atoms with Crippen molar-refractivity contribution in [3.8, 4) is 5.75 Å². The zero-order valence-corrected chi connectivity index (χ0v) is 18.2. The number of aliphatic hydroxyl groups is 2. The summed E-state index contributed by atoms with van der Waals surface area (Å²) in [5.41, 5.74) is 3.72. The number of H-pyrrole nitrogens is 1. The third kappa shape index (κ3) is 4.54. The smallest absolute Gasteiger partial charge is 0.129 e. The molecule has 0 aliphatic carbocycles. The van der Waals surface area contributed by atoms with E-state index in [4.69, 9.17) is 4.74 Å². The predicted octanol–water partition coefficient (Wildman–Crippen LogP) is 4.32. The van der Waals surface area contributed by atoms with Gasteiger partial charge in [-0.15, -0.1) is 0 Å². The number of aromatic nitrogens is 2. The van der Waals surface area contributed by atoms with Crippen molar-refractivity contribution in [2.24, 2.45) is 0 Å². The van der Waals surface area contributed by atoms with Crippen molar-refractivity contribution in [2.75, 3.05) is 19.7 Å². The SMILES string of the molecule is OC(CNCCC(O)c1cccc2cccnc12)COc1cccc2[nH]c3ccccc3c12. The lowest BCUT2D eigenvalue weighted by atomic mass is 10.0. The molecule has 3 aromatic carbocycles. The first-order valence-corrected chi connectivity index (χ1v) is 11.2. The summed E-state index contributed by atoms with van der Waals surface area (Å²) in [5.74, 6) is 0.753. The molecule has 0 aliphatic heterocycles. The standard InChI is InChI=1S/C27H27N3O3/c31-19(16-28-15-13-24(32)21-9-3-6-18-7-5-14-29-27(18)21)17-33-25-12-4-11-23-26(25)20-8-1-2-10-22(20)30-23/h1-12,14,19,24,28,30-32H,13,15-17H2. The van der Waals surface area contributed by atoms with Crippen LogP contribution in [-0.4, -0.2) is 46.0 Å². The number of para-hydroxylation sites is 2. The molecule has 168 valence electrons. The summed E-state index contributed by atoms with van der Waals surface area (Å²) in [6.45, 7) is 1.13. The van der Waals surface area contributed by atoms with Crippen LogP contribution in [-0.2, 0) is 0 Å². The van der Waals surface area contributed by atoms with Gasteiger partial charge in [0.25, 0.3) is 0 Å². The minimum absolute atomic E-state index is 0.182. The molecule has 2 aromatic heterocycles. The maximum atomic E-state index is 10.6. The van der Waals surface area contributed by atoms with Crippen LogP contribution in [0.5, 0.6) is 5.75 Å². The number of hydrogen-bond donors (Lipinski definition) is 4. The molecular weight excluding hydrogens is 414 g/mol. The Balaban J connectivity index is 1.14.